The molecular formula is C12H25N3O. The summed E-state index contributed by atoms with van der Waals surface area (Å²) in [6, 6.07) is 0.334. The minimum atomic E-state index is -0.443. The van der Waals surface area contributed by atoms with Crippen molar-refractivity contribution in [3.05, 3.63) is 0 Å². The van der Waals surface area contributed by atoms with E-state index in [2.05, 4.69) is 17.1 Å². The van der Waals surface area contributed by atoms with Crippen molar-refractivity contribution in [2.75, 3.05) is 26.2 Å². The Bertz CT molecular complexity index is 232. The molecule has 0 aliphatic carbocycles. The highest BCUT2D eigenvalue weighted by molar-refractivity contribution is 5.82. The molecule has 0 saturated carbocycles. The molecule has 1 rings (SSSR count). The van der Waals surface area contributed by atoms with Gasteiger partial charge in [-0.1, -0.05) is 6.92 Å². The van der Waals surface area contributed by atoms with Crippen LogP contribution < -0.4 is 11.1 Å². The number of likely N-dealkylation sites (tertiary alicyclic amines) is 1. The second-order valence-corrected chi connectivity index (χ2v) is 5.27. The van der Waals surface area contributed by atoms with Crippen LogP contribution in [-0.2, 0) is 4.79 Å². The predicted octanol–water partition coefficient (Wildman–Crippen LogP) is 0.572. The maximum atomic E-state index is 11.9. The summed E-state index contributed by atoms with van der Waals surface area (Å²) in [5.41, 5.74) is 5.14. The van der Waals surface area contributed by atoms with E-state index in [0.717, 1.165) is 32.5 Å². The van der Waals surface area contributed by atoms with Crippen molar-refractivity contribution in [3.63, 3.8) is 0 Å². The van der Waals surface area contributed by atoms with Crippen molar-refractivity contribution in [1.82, 2.24) is 10.2 Å². The van der Waals surface area contributed by atoms with Crippen molar-refractivity contribution < 1.29 is 4.79 Å². The Morgan fingerprint density at radius 2 is 2.00 bits per heavy atom. The van der Waals surface area contributed by atoms with Crippen LogP contribution in [0.1, 0.15) is 33.6 Å². The third kappa shape index (κ3) is 3.46. The highest BCUT2D eigenvalue weighted by Gasteiger charge is 2.28. The topological polar surface area (TPSA) is 58.4 Å². The lowest BCUT2D eigenvalue weighted by Crippen LogP contribution is -2.50. The average Bonchev–Trinajstić information content (AvgIpc) is 2.30. The number of nitrogens with two attached hydrogens (primary N) is 1. The molecule has 16 heavy (non-hydrogen) atoms. The molecule has 4 nitrogen and oxygen atoms in total. The van der Waals surface area contributed by atoms with E-state index in [-0.39, 0.29) is 5.91 Å². The van der Waals surface area contributed by atoms with Crippen molar-refractivity contribution in [1.29, 1.82) is 0 Å². The Kier molecular flexibility index (Phi) is 4.74. The van der Waals surface area contributed by atoms with Crippen molar-refractivity contribution in [2.45, 2.75) is 39.7 Å². The molecule has 1 fully saturated rings. The van der Waals surface area contributed by atoms with Gasteiger partial charge in [-0.3, -0.25) is 4.79 Å². The van der Waals surface area contributed by atoms with Crippen LogP contribution in [-0.4, -0.2) is 43.0 Å². The van der Waals surface area contributed by atoms with E-state index in [0.29, 0.717) is 12.6 Å². The largest absolute Gasteiger partial charge is 0.353 e. The molecule has 0 spiro atoms. The van der Waals surface area contributed by atoms with Gasteiger partial charge in [-0.2, -0.15) is 0 Å². The molecule has 4 heteroatoms. The molecule has 1 aliphatic rings. The van der Waals surface area contributed by atoms with Gasteiger partial charge in [0.05, 0.1) is 5.41 Å². The minimum Gasteiger partial charge on any atom is -0.353 e. The summed E-state index contributed by atoms with van der Waals surface area (Å²) in [6.07, 6.45) is 2.11. The summed E-state index contributed by atoms with van der Waals surface area (Å²) in [6.45, 7) is 9.64. The quantitative estimate of drug-likeness (QED) is 0.738. The molecular weight excluding hydrogens is 202 g/mol. The summed E-state index contributed by atoms with van der Waals surface area (Å²) in [7, 11) is 0. The maximum absolute atomic E-state index is 11.9. The monoisotopic (exact) mass is 227 g/mol. The van der Waals surface area contributed by atoms with E-state index >= 15 is 0 Å². The average molecular weight is 227 g/mol. The number of rotatable bonds is 4. The molecule has 0 unspecified atom stereocenters. The Balaban J connectivity index is 2.36. The van der Waals surface area contributed by atoms with Crippen LogP contribution in [0.15, 0.2) is 0 Å². The summed E-state index contributed by atoms with van der Waals surface area (Å²) < 4.78 is 0. The molecule has 1 saturated heterocycles. The number of nitrogens with one attached hydrogen (secondary N) is 1. The zero-order valence-electron chi connectivity index (χ0n) is 10.8. The SMILES string of the molecule is CCN1CCC(NC(=O)C(C)(C)CN)CC1. The Labute approximate surface area is 98.6 Å². The molecule has 0 aromatic carbocycles. The number of hydrogen-bond acceptors (Lipinski definition) is 3. The number of carbonyl (C=O) groups is 1. The molecule has 94 valence electrons. The fourth-order valence-corrected chi connectivity index (χ4v) is 1.87. The van der Waals surface area contributed by atoms with Crippen LogP contribution in [0.5, 0.6) is 0 Å². The van der Waals surface area contributed by atoms with Gasteiger partial charge in [-0.15, -0.1) is 0 Å². The third-order valence-corrected chi connectivity index (χ3v) is 3.50. The zero-order chi connectivity index (χ0) is 12.2. The lowest BCUT2D eigenvalue weighted by Gasteiger charge is -2.33. The molecule has 0 atom stereocenters. The molecule has 0 bridgehead atoms. The van der Waals surface area contributed by atoms with Crippen molar-refractivity contribution in [3.8, 4) is 0 Å². The predicted molar refractivity (Wildman–Crippen MR) is 66.1 cm³/mol. The lowest BCUT2D eigenvalue weighted by molar-refractivity contribution is -0.129. The van der Waals surface area contributed by atoms with Crippen molar-refractivity contribution in [2.24, 2.45) is 11.1 Å². The van der Waals surface area contributed by atoms with E-state index in [1.807, 2.05) is 13.8 Å². The molecule has 1 aliphatic heterocycles. The molecule has 0 aromatic heterocycles. The van der Waals surface area contributed by atoms with Crippen LogP contribution in [0.25, 0.3) is 0 Å². The molecule has 3 N–H and O–H groups in total. The van der Waals surface area contributed by atoms with E-state index in [9.17, 15) is 4.79 Å². The van der Waals surface area contributed by atoms with Crippen molar-refractivity contribution >= 4 is 5.91 Å². The summed E-state index contributed by atoms with van der Waals surface area (Å²) in [4.78, 5) is 14.3. The van der Waals surface area contributed by atoms with Crippen LogP contribution in [0.4, 0.5) is 0 Å². The van der Waals surface area contributed by atoms with Gasteiger partial charge < -0.3 is 16.0 Å². The molecule has 0 aromatic rings. The third-order valence-electron chi connectivity index (χ3n) is 3.50. The molecule has 0 radical (unpaired) electrons. The van der Waals surface area contributed by atoms with Crippen LogP contribution in [0.3, 0.4) is 0 Å². The normalized spacial score (nSPS) is 19.8. The second-order valence-electron chi connectivity index (χ2n) is 5.27. The summed E-state index contributed by atoms with van der Waals surface area (Å²) in [5, 5.41) is 3.11. The van der Waals surface area contributed by atoms with Gasteiger partial charge in [-0.05, 0) is 33.2 Å². The number of nitrogens with zero attached hydrogens (tertiary/aromatic N) is 1. The fraction of sp³-hybridized carbons (Fsp3) is 0.917. The van der Waals surface area contributed by atoms with E-state index < -0.39 is 5.41 Å². The van der Waals surface area contributed by atoms with Gasteiger partial charge in [0.25, 0.3) is 0 Å². The summed E-state index contributed by atoms with van der Waals surface area (Å²) in [5.74, 6) is 0.0879. The highest BCUT2D eigenvalue weighted by Crippen LogP contribution is 2.15. The first kappa shape index (κ1) is 13.5. The Morgan fingerprint density at radius 1 is 1.44 bits per heavy atom. The number of hydrogen-bond donors (Lipinski definition) is 2. The van der Waals surface area contributed by atoms with Gasteiger partial charge in [-0.25, -0.2) is 0 Å². The number of piperidine rings is 1. The standard InChI is InChI=1S/C12H25N3O/c1-4-15-7-5-10(6-8-15)14-11(16)12(2,3)9-13/h10H,4-9,13H2,1-3H3,(H,14,16). The van der Waals surface area contributed by atoms with Gasteiger partial charge in [0.2, 0.25) is 5.91 Å². The highest BCUT2D eigenvalue weighted by atomic mass is 16.2. The van der Waals surface area contributed by atoms with Gasteiger partial charge >= 0.3 is 0 Å². The first-order valence-corrected chi connectivity index (χ1v) is 6.23. The van der Waals surface area contributed by atoms with Gasteiger partial charge in [0.1, 0.15) is 0 Å². The lowest BCUT2D eigenvalue weighted by atomic mass is 9.91. The second kappa shape index (κ2) is 5.64. The van der Waals surface area contributed by atoms with E-state index in [1.54, 1.807) is 0 Å². The smallest absolute Gasteiger partial charge is 0.227 e. The number of amides is 1. The fourth-order valence-electron chi connectivity index (χ4n) is 1.87. The maximum Gasteiger partial charge on any atom is 0.227 e. The Morgan fingerprint density at radius 3 is 2.44 bits per heavy atom. The molecule has 1 amide bonds. The minimum absolute atomic E-state index is 0.0879. The van der Waals surface area contributed by atoms with Crippen LogP contribution >= 0.6 is 0 Å². The Hall–Kier alpha value is -0.610. The first-order valence-electron chi connectivity index (χ1n) is 6.23. The van der Waals surface area contributed by atoms with Crippen LogP contribution in [0, 0.1) is 5.41 Å². The zero-order valence-corrected chi connectivity index (χ0v) is 10.8. The van der Waals surface area contributed by atoms with Gasteiger partial charge in [0.15, 0.2) is 0 Å². The van der Waals surface area contributed by atoms with Gasteiger partial charge in [0, 0.05) is 25.7 Å². The first-order chi connectivity index (χ1) is 7.49. The number of carbonyl (C=O) groups excluding carboxylic acids is 1. The van der Waals surface area contributed by atoms with E-state index in [4.69, 9.17) is 5.73 Å². The van der Waals surface area contributed by atoms with E-state index in [1.165, 1.54) is 0 Å². The summed E-state index contributed by atoms with van der Waals surface area (Å²) >= 11 is 0. The van der Waals surface area contributed by atoms with Crippen LogP contribution in [0.2, 0.25) is 0 Å². The molecule has 1 heterocycles.